The van der Waals surface area contributed by atoms with E-state index in [1.807, 2.05) is 0 Å². The Balaban J connectivity index is 1.25. The third-order valence-corrected chi connectivity index (χ3v) is 8.67. The van der Waals surface area contributed by atoms with E-state index in [4.69, 9.17) is 0 Å². The van der Waals surface area contributed by atoms with Gasteiger partial charge < -0.3 is 4.90 Å². The Morgan fingerprint density at radius 2 is 1.09 bits per heavy atom. The lowest BCUT2D eigenvalue weighted by Gasteiger charge is -2.39. The van der Waals surface area contributed by atoms with E-state index in [9.17, 15) is 0 Å². The van der Waals surface area contributed by atoms with Crippen molar-refractivity contribution in [3.63, 3.8) is 0 Å². The van der Waals surface area contributed by atoms with Crippen LogP contribution in [0.25, 0.3) is 22.3 Å². The largest absolute Gasteiger partial charge is 0.309 e. The molecule has 0 saturated heterocycles. The van der Waals surface area contributed by atoms with Gasteiger partial charge in [-0.25, -0.2) is 0 Å². The summed E-state index contributed by atoms with van der Waals surface area (Å²) in [6.45, 7) is 0. The fourth-order valence-corrected chi connectivity index (χ4v) is 7.18. The maximum atomic E-state index is 4.66. The summed E-state index contributed by atoms with van der Waals surface area (Å²) >= 11 is 0. The van der Waals surface area contributed by atoms with E-state index in [2.05, 4.69) is 95.1 Å². The Bertz CT molecular complexity index is 1760. The third-order valence-electron chi connectivity index (χ3n) is 8.67. The van der Waals surface area contributed by atoms with Crippen LogP contribution in [0.3, 0.4) is 0 Å². The van der Waals surface area contributed by atoms with Crippen LogP contribution >= 0.6 is 0 Å². The Kier molecular flexibility index (Phi) is 3.27. The van der Waals surface area contributed by atoms with Crippen molar-refractivity contribution in [3.05, 3.63) is 130 Å². The number of pyridine rings is 1. The SMILES string of the molecule is c1ccc2c(c1)Cc1c-2ccc2c1Cc1c-2ccc2c1Cc1cncc3c1N2c1ccccc1C3. The molecule has 0 radical (unpaired) electrons. The summed E-state index contributed by atoms with van der Waals surface area (Å²) in [5.74, 6) is 0. The quantitative estimate of drug-likeness (QED) is 0.240. The Morgan fingerprint density at radius 1 is 0.457 bits per heavy atom. The van der Waals surface area contributed by atoms with Crippen molar-refractivity contribution in [1.82, 2.24) is 4.98 Å². The van der Waals surface area contributed by atoms with Crippen LogP contribution in [-0.2, 0) is 25.7 Å². The Labute approximate surface area is 204 Å². The van der Waals surface area contributed by atoms with Gasteiger partial charge in [0.05, 0.1) is 11.4 Å². The lowest BCUT2D eigenvalue weighted by Crippen LogP contribution is -2.25. The number of benzene rings is 4. The molecular weight excluding hydrogens is 424 g/mol. The van der Waals surface area contributed by atoms with Gasteiger partial charge in [0.15, 0.2) is 0 Å². The molecule has 3 heterocycles. The summed E-state index contributed by atoms with van der Waals surface area (Å²) in [6.07, 6.45) is 8.17. The summed E-state index contributed by atoms with van der Waals surface area (Å²) in [5.41, 5.74) is 21.4. The van der Waals surface area contributed by atoms with Crippen LogP contribution in [0.4, 0.5) is 17.1 Å². The van der Waals surface area contributed by atoms with Crippen molar-refractivity contribution in [2.45, 2.75) is 25.7 Å². The first kappa shape index (κ1) is 18.2. The molecule has 0 atom stereocenters. The lowest BCUT2D eigenvalue weighted by molar-refractivity contribution is 0.973. The third kappa shape index (κ3) is 2.23. The van der Waals surface area contributed by atoms with Gasteiger partial charge >= 0.3 is 0 Å². The second kappa shape index (κ2) is 6.28. The predicted octanol–water partition coefficient (Wildman–Crippen LogP) is 7.50. The maximum Gasteiger partial charge on any atom is 0.0563 e. The van der Waals surface area contributed by atoms with E-state index in [-0.39, 0.29) is 0 Å². The van der Waals surface area contributed by atoms with Gasteiger partial charge in [0.1, 0.15) is 0 Å². The van der Waals surface area contributed by atoms with Gasteiger partial charge in [-0.2, -0.15) is 0 Å². The first-order valence-corrected chi connectivity index (χ1v) is 12.6. The van der Waals surface area contributed by atoms with E-state index < -0.39 is 0 Å². The summed E-state index contributed by atoms with van der Waals surface area (Å²) in [6, 6.07) is 27.3. The zero-order valence-electron chi connectivity index (χ0n) is 19.3. The average Bonchev–Trinajstić information content (AvgIpc) is 3.47. The molecular formula is C33H22N2. The number of para-hydroxylation sites is 1. The standard InChI is InChI=1S/C33H22N2/c1-3-7-23-19(5-1)14-27-24(23)9-10-25-26-11-12-32-30(29(26)16-28(25)27)15-22-18-34-17-21-13-20-6-2-4-8-31(20)35(32)33(21)22/h1-12,17-18H,13-16H2. The molecule has 35 heavy (non-hydrogen) atoms. The molecule has 164 valence electrons. The van der Waals surface area contributed by atoms with Crippen molar-refractivity contribution >= 4 is 17.1 Å². The van der Waals surface area contributed by atoms with Crippen LogP contribution in [0, 0.1) is 0 Å². The molecule has 0 unspecified atom stereocenters. The molecule has 2 nitrogen and oxygen atoms in total. The van der Waals surface area contributed by atoms with Crippen LogP contribution in [0.2, 0.25) is 0 Å². The van der Waals surface area contributed by atoms with Crippen molar-refractivity contribution < 1.29 is 0 Å². The minimum Gasteiger partial charge on any atom is -0.309 e. The van der Waals surface area contributed by atoms with E-state index >= 15 is 0 Å². The first-order chi connectivity index (χ1) is 17.3. The molecule has 0 spiro atoms. The van der Waals surface area contributed by atoms with E-state index in [1.165, 1.54) is 78.3 Å². The van der Waals surface area contributed by atoms with Gasteiger partial charge in [-0.05, 0) is 91.7 Å². The molecule has 0 saturated carbocycles. The van der Waals surface area contributed by atoms with Gasteiger partial charge in [0, 0.05) is 30.9 Å². The number of anilines is 3. The van der Waals surface area contributed by atoms with Gasteiger partial charge in [-0.1, -0.05) is 60.7 Å². The summed E-state index contributed by atoms with van der Waals surface area (Å²) < 4.78 is 0. The fourth-order valence-electron chi connectivity index (χ4n) is 7.18. The Morgan fingerprint density at radius 3 is 1.97 bits per heavy atom. The monoisotopic (exact) mass is 446 g/mol. The second-order valence-corrected chi connectivity index (χ2v) is 10.3. The van der Waals surface area contributed by atoms with Gasteiger partial charge in [-0.15, -0.1) is 0 Å². The van der Waals surface area contributed by atoms with Crippen LogP contribution in [0.5, 0.6) is 0 Å². The van der Waals surface area contributed by atoms with Crippen molar-refractivity contribution in [3.8, 4) is 22.3 Å². The van der Waals surface area contributed by atoms with Crippen molar-refractivity contribution in [2.75, 3.05) is 4.90 Å². The van der Waals surface area contributed by atoms with E-state index in [1.54, 1.807) is 5.56 Å². The topological polar surface area (TPSA) is 16.1 Å². The molecule has 4 aromatic carbocycles. The zero-order chi connectivity index (χ0) is 22.7. The van der Waals surface area contributed by atoms with Gasteiger partial charge in [-0.3, -0.25) is 4.98 Å². The summed E-state index contributed by atoms with van der Waals surface area (Å²) in [5, 5.41) is 0. The lowest BCUT2D eigenvalue weighted by atomic mass is 9.85. The molecule has 1 aromatic heterocycles. The Hall–Kier alpha value is -4.17. The summed E-state index contributed by atoms with van der Waals surface area (Å²) in [4.78, 5) is 7.18. The molecule has 0 fully saturated rings. The molecule has 0 N–H and O–H groups in total. The van der Waals surface area contributed by atoms with Crippen molar-refractivity contribution in [1.29, 1.82) is 0 Å². The van der Waals surface area contributed by atoms with Crippen molar-refractivity contribution in [2.24, 2.45) is 0 Å². The van der Waals surface area contributed by atoms with E-state index in [0.29, 0.717) is 0 Å². The molecule has 5 aromatic rings. The molecule has 9 rings (SSSR count). The number of nitrogens with zero attached hydrogens (tertiary/aromatic N) is 2. The molecule has 2 aliphatic heterocycles. The minimum atomic E-state index is 0.960. The fraction of sp³-hybridized carbons (Fsp3) is 0.121. The highest BCUT2D eigenvalue weighted by Crippen LogP contribution is 2.54. The highest BCUT2D eigenvalue weighted by atomic mass is 15.2. The number of hydrogen-bond donors (Lipinski definition) is 0. The highest BCUT2D eigenvalue weighted by Gasteiger charge is 2.36. The first-order valence-electron chi connectivity index (χ1n) is 12.6. The predicted molar refractivity (Wildman–Crippen MR) is 141 cm³/mol. The number of rotatable bonds is 0. The van der Waals surface area contributed by atoms with Gasteiger partial charge in [0.2, 0.25) is 0 Å². The minimum absolute atomic E-state index is 0.960. The molecule has 0 bridgehead atoms. The maximum absolute atomic E-state index is 4.66. The number of fused-ring (bicyclic) bond motifs is 12. The molecule has 2 heteroatoms. The second-order valence-electron chi connectivity index (χ2n) is 10.3. The number of hydrogen-bond acceptors (Lipinski definition) is 2. The normalized spacial score (nSPS) is 14.9. The average molecular weight is 447 g/mol. The highest BCUT2D eigenvalue weighted by molar-refractivity contribution is 5.93. The molecule has 4 aliphatic rings. The van der Waals surface area contributed by atoms with Crippen LogP contribution in [-0.4, -0.2) is 4.98 Å². The van der Waals surface area contributed by atoms with Crippen LogP contribution < -0.4 is 4.90 Å². The van der Waals surface area contributed by atoms with Gasteiger partial charge in [0.25, 0.3) is 0 Å². The zero-order valence-corrected chi connectivity index (χ0v) is 19.3. The van der Waals surface area contributed by atoms with Crippen LogP contribution in [0.1, 0.15) is 44.5 Å². The summed E-state index contributed by atoms with van der Waals surface area (Å²) in [7, 11) is 0. The molecule has 0 amide bonds. The smallest absolute Gasteiger partial charge is 0.0563 e. The number of aromatic nitrogens is 1. The molecule has 2 aliphatic carbocycles. The van der Waals surface area contributed by atoms with E-state index in [0.717, 1.165) is 25.7 Å². The van der Waals surface area contributed by atoms with Crippen LogP contribution in [0.15, 0.2) is 85.2 Å².